The second-order valence-electron chi connectivity index (χ2n) is 9.55. The van der Waals surface area contributed by atoms with E-state index < -0.39 is 29.2 Å². The molecule has 1 unspecified atom stereocenters. The van der Waals surface area contributed by atoms with E-state index >= 15 is 0 Å². The van der Waals surface area contributed by atoms with Gasteiger partial charge in [0, 0.05) is 48.9 Å². The van der Waals surface area contributed by atoms with Crippen LogP contribution in [0.25, 0.3) is 0 Å². The van der Waals surface area contributed by atoms with Crippen molar-refractivity contribution in [2.45, 2.75) is 71.1 Å². The lowest BCUT2D eigenvalue weighted by atomic mass is 9.93. The molecule has 184 valence electrons. The van der Waals surface area contributed by atoms with Gasteiger partial charge in [-0.15, -0.1) is 12.4 Å². The molecule has 1 saturated heterocycles. The predicted octanol–water partition coefficient (Wildman–Crippen LogP) is 2.21. The van der Waals surface area contributed by atoms with Crippen LogP contribution in [0.15, 0.2) is 0 Å². The summed E-state index contributed by atoms with van der Waals surface area (Å²) in [5.41, 5.74) is 4.57. The average Bonchev–Trinajstić information content (AvgIpc) is 2.91. The van der Waals surface area contributed by atoms with Gasteiger partial charge < -0.3 is 10.6 Å². The van der Waals surface area contributed by atoms with Gasteiger partial charge in [-0.2, -0.15) is 13.2 Å². The summed E-state index contributed by atoms with van der Waals surface area (Å²) in [7, 11) is 0. The molecule has 8 nitrogen and oxygen atoms in total. The van der Waals surface area contributed by atoms with Crippen LogP contribution in [0, 0.1) is 5.92 Å². The summed E-state index contributed by atoms with van der Waals surface area (Å²) in [6.45, 7) is 6.77. The maximum absolute atomic E-state index is 13.6. The number of fused-ring (bicyclic) bond motifs is 1. The second-order valence-corrected chi connectivity index (χ2v) is 9.55. The summed E-state index contributed by atoms with van der Waals surface area (Å²) in [5, 5.41) is 0. The van der Waals surface area contributed by atoms with E-state index in [1.165, 1.54) is 4.90 Å². The predicted molar refractivity (Wildman–Crippen MR) is 115 cm³/mol. The minimum atomic E-state index is -4.62. The van der Waals surface area contributed by atoms with Crippen LogP contribution in [-0.2, 0) is 38.9 Å². The van der Waals surface area contributed by atoms with Crippen molar-refractivity contribution in [2.75, 3.05) is 13.1 Å². The van der Waals surface area contributed by atoms with E-state index in [1.54, 1.807) is 27.7 Å². The van der Waals surface area contributed by atoms with Crippen LogP contribution >= 0.6 is 12.4 Å². The van der Waals surface area contributed by atoms with Gasteiger partial charge in [-0.05, 0) is 6.42 Å². The zero-order valence-electron chi connectivity index (χ0n) is 19.0. The molecule has 3 rings (SSSR count). The summed E-state index contributed by atoms with van der Waals surface area (Å²) in [5.74, 6) is -1.32. The third-order valence-electron chi connectivity index (χ3n) is 5.68. The maximum atomic E-state index is 13.6. The highest BCUT2D eigenvalue weighted by Gasteiger charge is 2.41. The number of carbonyl (C=O) groups is 3. The van der Waals surface area contributed by atoms with Gasteiger partial charge >= 0.3 is 6.18 Å². The molecule has 33 heavy (non-hydrogen) atoms. The third kappa shape index (κ3) is 5.81. The van der Waals surface area contributed by atoms with Crippen molar-refractivity contribution in [1.82, 2.24) is 19.8 Å². The van der Waals surface area contributed by atoms with Crippen molar-refractivity contribution >= 4 is 30.1 Å². The lowest BCUT2D eigenvalue weighted by molar-refractivity contribution is -0.143. The zero-order valence-corrected chi connectivity index (χ0v) is 19.8. The molecule has 2 atom stereocenters. The summed E-state index contributed by atoms with van der Waals surface area (Å²) >= 11 is 0. The first-order valence-electron chi connectivity index (χ1n) is 10.5. The van der Waals surface area contributed by atoms with Gasteiger partial charge in [0.15, 0.2) is 5.69 Å². The Morgan fingerprint density at radius 3 is 2.36 bits per heavy atom. The Hall–Kier alpha value is -2.27. The molecule has 3 amide bonds. The number of halogens is 4. The van der Waals surface area contributed by atoms with Crippen LogP contribution in [0.3, 0.4) is 0 Å². The Labute approximate surface area is 196 Å². The lowest BCUT2D eigenvalue weighted by Crippen LogP contribution is -2.45. The minimum absolute atomic E-state index is 0. The van der Waals surface area contributed by atoms with Crippen LogP contribution in [0.1, 0.15) is 63.3 Å². The molecular weight excluding hydrogens is 463 g/mol. The van der Waals surface area contributed by atoms with E-state index in [4.69, 9.17) is 5.73 Å². The van der Waals surface area contributed by atoms with E-state index in [0.29, 0.717) is 0 Å². The Balaban J connectivity index is 0.00000385. The number of nitrogens with two attached hydrogens (primary N) is 1. The van der Waals surface area contributed by atoms with Crippen LogP contribution in [0.5, 0.6) is 0 Å². The number of hydrogen-bond acceptors (Lipinski definition) is 6. The van der Waals surface area contributed by atoms with Crippen LogP contribution in [0.4, 0.5) is 13.2 Å². The monoisotopic (exact) mass is 491 g/mol. The number of alkyl halides is 3. The number of likely N-dealkylation sites (tertiary alicyclic amines) is 1. The second kappa shape index (κ2) is 9.54. The van der Waals surface area contributed by atoms with Crippen molar-refractivity contribution in [2.24, 2.45) is 11.7 Å². The average molecular weight is 492 g/mol. The van der Waals surface area contributed by atoms with Crippen LogP contribution in [0.2, 0.25) is 0 Å². The number of carbonyl (C=O) groups excluding carboxylic acids is 3. The summed E-state index contributed by atoms with van der Waals surface area (Å²) in [4.78, 5) is 47.4. The molecule has 0 aromatic carbocycles. The Kier molecular flexibility index (Phi) is 7.80. The van der Waals surface area contributed by atoms with Crippen molar-refractivity contribution in [3.05, 3.63) is 22.8 Å². The molecule has 2 aliphatic heterocycles. The highest BCUT2D eigenvalue weighted by Crippen LogP contribution is 2.35. The zero-order chi connectivity index (χ0) is 24.0. The standard InChI is InChI=1S/C21H28F3N5O3.ClH/c1-11-7-16(31)29(18(11)32)9-12(25)8-15(30)28-6-5-13-14(10-28)26-19(20(2,3)4)27-17(13)21(22,23)24;/h11-12H,5-10,25H2,1-4H3;1H/t11?,12-;/m0./s1. The number of imide groups is 1. The number of nitrogens with zero attached hydrogens (tertiary/aromatic N) is 4. The van der Waals surface area contributed by atoms with E-state index in [1.807, 2.05) is 0 Å². The minimum Gasteiger partial charge on any atom is -0.336 e. The summed E-state index contributed by atoms with van der Waals surface area (Å²) < 4.78 is 40.8. The molecule has 0 bridgehead atoms. The number of amides is 3. The Morgan fingerprint density at radius 2 is 1.85 bits per heavy atom. The van der Waals surface area contributed by atoms with Crippen molar-refractivity contribution in [1.29, 1.82) is 0 Å². The van der Waals surface area contributed by atoms with Gasteiger partial charge in [-0.1, -0.05) is 27.7 Å². The van der Waals surface area contributed by atoms with Crippen molar-refractivity contribution in [3.63, 3.8) is 0 Å². The van der Waals surface area contributed by atoms with Gasteiger partial charge in [-0.3, -0.25) is 19.3 Å². The van der Waals surface area contributed by atoms with Crippen molar-refractivity contribution < 1.29 is 27.6 Å². The van der Waals surface area contributed by atoms with Gasteiger partial charge in [0.25, 0.3) is 0 Å². The normalized spacial score (nSPS) is 19.9. The van der Waals surface area contributed by atoms with Crippen LogP contribution in [-0.4, -0.2) is 56.6 Å². The fraction of sp³-hybridized carbons (Fsp3) is 0.667. The lowest BCUT2D eigenvalue weighted by Gasteiger charge is -2.32. The first-order valence-corrected chi connectivity index (χ1v) is 10.5. The van der Waals surface area contributed by atoms with Gasteiger partial charge in [0.05, 0.1) is 12.2 Å². The molecular formula is C21H29ClF3N5O3. The van der Waals surface area contributed by atoms with E-state index in [-0.39, 0.29) is 86.1 Å². The molecule has 0 saturated carbocycles. The SMILES string of the molecule is CC1CC(=O)N(C[C@@H](N)CC(=O)N2CCc3c(nc(C(C)(C)C)nc3C(F)(F)F)C2)C1=O.Cl. The number of aromatic nitrogens is 2. The summed E-state index contributed by atoms with van der Waals surface area (Å²) in [6, 6.07) is -0.761. The van der Waals surface area contributed by atoms with Crippen molar-refractivity contribution in [3.8, 4) is 0 Å². The highest BCUT2D eigenvalue weighted by atomic mass is 35.5. The molecule has 1 aromatic heterocycles. The smallest absolute Gasteiger partial charge is 0.336 e. The summed E-state index contributed by atoms with van der Waals surface area (Å²) in [6.07, 6.45) is -4.65. The van der Waals surface area contributed by atoms with Gasteiger partial charge in [-0.25, -0.2) is 9.97 Å². The van der Waals surface area contributed by atoms with E-state index in [0.717, 1.165) is 4.90 Å². The molecule has 0 spiro atoms. The largest absolute Gasteiger partial charge is 0.433 e. The Bertz CT molecular complexity index is 948. The molecule has 3 heterocycles. The maximum Gasteiger partial charge on any atom is 0.433 e. The topological polar surface area (TPSA) is 109 Å². The molecule has 2 N–H and O–H groups in total. The number of rotatable bonds is 4. The fourth-order valence-electron chi connectivity index (χ4n) is 3.91. The fourth-order valence-corrected chi connectivity index (χ4v) is 3.91. The quantitative estimate of drug-likeness (QED) is 0.647. The van der Waals surface area contributed by atoms with E-state index in [9.17, 15) is 27.6 Å². The van der Waals surface area contributed by atoms with Gasteiger partial charge in [0.2, 0.25) is 17.7 Å². The number of hydrogen-bond donors (Lipinski definition) is 1. The first kappa shape index (κ1) is 27.0. The molecule has 1 fully saturated rings. The van der Waals surface area contributed by atoms with Gasteiger partial charge in [0.1, 0.15) is 5.82 Å². The molecule has 1 aromatic rings. The first-order chi connectivity index (χ1) is 14.7. The third-order valence-corrected chi connectivity index (χ3v) is 5.68. The highest BCUT2D eigenvalue weighted by molar-refractivity contribution is 6.03. The molecule has 2 aliphatic rings. The van der Waals surface area contributed by atoms with E-state index in [2.05, 4.69) is 9.97 Å². The Morgan fingerprint density at radius 1 is 1.21 bits per heavy atom. The molecule has 12 heteroatoms. The molecule has 0 aliphatic carbocycles. The van der Waals surface area contributed by atoms with Crippen LogP contribution < -0.4 is 5.73 Å². The molecule has 0 radical (unpaired) electrons.